The topological polar surface area (TPSA) is 46.2 Å². The third kappa shape index (κ3) is 11.8. The molecule has 0 fully saturated rings. The summed E-state index contributed by atoms with van der Waals surface area (Å²) in [5.74, 6) is 0.587. The standard InChI is InChI=1S/C15H33ClO5Si/c1-4-7-10-17-11-12-18-13-14-21-22(19-5-2,20-6-3)15-8-9-16/h4-15H2,1-3H3. The summed E-state index contributed by atoms with van der Waals surface area (Å²) in [6.07, 6.45) is 3.08. The number of rotatable bonds is 17. The van der Waals surface area contributed by atoms with Crippen LogP contribution in [0.15, 0.2) is 0 Å². The smallest absolute Gasteiger partial charge is 0.379 e. The van der Waals surface area contributed by atoms with Gasteiger partial charge in [-0.25, -0.2) is 0 Å². The molecule has 22 heavy (non-hydrogen) atoms. The van der Waals surface area contributed by atoms with Crippen molar-refractivity contribution in [2.75, 3.05) is 52.1 Å². The molecule has 0 rings (SSSR count). The van der Waals surface area contributed by atoms with Gasteiger partial charge in [-0.1, -0.05) is 13.3 Å². The quantitative estimate of drug-likeness (QED) is 0.227. The van der Waals surface area contributed by atoms with E-state index in [4.69, 9.17) is 34.4 Å². The van der Waals surface area contributed by atoms with Crippen LogP contribution in [-0.2, 0) is 22.8 Å². The zero-order valence-corrected chi connectivity index (χ0v) is 16.2. The maximum atomic E-state index is 5.93. The average molecular weight is 357 g/mol. The first-order valence-corrected chi connectivity index (χ1v) is 10.8. The van der Waals surface area contributed by atoms with Gasteiger partial charge in [0.2, 0.25) is 0 Å². The van der Waals surface area contributed by atoms with Crippen LogP contribution in [0.4, 0.5) is 0 Å². The third-order valence-electron chi connectivity index (χ3n) is 2.91. The molecule has 0 spiro atoms. The van der Waals surface area contributed by atoms with Crippen LogP contribution >= 0.6 is 11.6 Å². The second kappa shape index (κ2) is 16.2. The van der Waals surface area contributed by atoms with Crippen LogP contribution in [0, 0.1) is 0 Å². The first kappa shape index (κ1) is 22.3. The monoisotopic (exact) mass is 356 g/mol. The Balaban J connectivity index is 3.86. The second-order valence-electron chi connectivity index (χ2n) is 4.77. The molecule has 0 aromatic rings. The molecule has 0 bridgehead atoms. The summed E-state index contributed by atoms with van der Waals surface area (Å²) in [7, 11) is -2.60. The van der Waals surface area contributed by atoms with Gasteiger partial charge in [-0.3, -0.25) is 0 Å². The van der Waals surface area contributed by atoms with Gasteiger partial charge in [-0.15, -0.1) is 11.6 Å². The van der Waals surface area contributed by atoms with Gasteiger partial charge in [0.25, 0.3) is 0 Å². The highest BCUT2D eigenvalue weighted by Gasteiger charge is 2.39. The van der Waals surface area contributed by atoms with Crippen molar-refractivity contribution in [1.82, 2.24) is 0 Å². The van der Waals surface area contributed by atoms with Gasteiger partial charge < -0.3 is 22.8 Å². The minimum atomic E-state index is -2.60. The lowest BCUT2D eigenvalue weighted by atomic mass is 10.4. The molecule has 0 aromatic heterocycles. The summed E-state index contributed by atoms with van der Waals surface area (Å²) >= 11 is 5.78. The molecule has 5 nitrogen and oxygen atoms in total. The molecule has 0 aliphatic heterocycles. The van der Waals surface area contributed by atoms with Crippen molar-refractivity contribution in [2.24, 2.45) is 0 Å². The first-order valence-electron chi connectivity index (χ1n) is 8.38. The summed E-state index contributed by atoms with van der Waals surface area (Å²) in [4.78, 5) is 0. The number of alkyl halides is 1. The maximum Gasteiger partial charge on any atom is 0.501 e. The van der Waals surface area contributed by atoms with Crippen molar-refractivity contribution >= 4 is 20.4 Å². The van der Waals surface area contributed by atoms with E-state index in [0.29, 0.717) is 45.5 Å². The normalized spacial score (nSPS) is 12.0. The largest absolute Gasteiger partial charge is 0.501 e. The van der Waals surface area contributed by atoms with E-state index in [1.807, 2.05) is 13.8 Å². The van der Waals surface area contributed by atoms with Crippen molar-refractivity contribution in [3.63, 3.8) is 0 Å². The number of hydrogen-bond donors (Lipinski definition) is 0. The highest BCUT2D eigenvalue weighted by Crippen LogP contribution is 2.18. The highest BCUT2D eigenvalue weighted by molar-refractivity contribution is 6.60. The van der Waals surface area contributed by atoms with Gasteiger partial charge in [0.1, 0.15) is 0 Å². The van der Waals surface area contributed by atoms with E-state index in [-0.39, 0.29) is 0 Å². The average Bonchev–Trinajstić information content (AvgIpc) is 2.52. The Morgan fingerprint density at radius 3 is 1.86 bits per heavy atom. The van der Waals surface area contributed by atoms with Crippen molar-refractivity contribution in [1.29, 1.82) is 0 Å². The van der Waals surface area contributed by atoms with Gasteiger partial charge in [0.05, 0.1) is 26.4 Å². The SMILES string of the molecule is CCCCOCCOCCO[Si](CCCCl)(OCC)OCC. The molecule has 0 atom stereocenters. The lowest BCUT2D eigenvalue weighted by Crippen LogP contribution is -2.46. The van der Waals surface area contributed by atoms with Crippen molar-refractivity contribution in [3.05, 3.63) is 0 Å². The molecule has 0 saturated heterocycles. The Labute approximate surface area is 141 Å². The number of halogens is 1. The third-order valence-corrected chi connectivity index (χ3v) is 6.24. The molecule has 134 valence electrons. The fourth-order valence-electron chi connectivity index (χ4n) is 1.89. The van der Waals surface area contributed by atoms with E-state index < -0.39 is 8.80 Å². The summed E-state index contributed by atoms with van der Waals surface area (Å²) in [6.45, 7) is 10.2. The summed E-state index contributed by atoms with van der Waals surface area (Å²) < 4.78 is 28.5. The molecule has 0 aromatic carbocycles. The Morgan fingerprint density at radius 1 is 0.727 bits per heavy atom. The van der Waals surface area contributed by atoms with E-state index in [2.05, 4.69) is 6.92 Å². The van der Waals surface area contributed by atoms with E-state index >= 15 is 0 Å². The summed E-state index contributed by atoms with van der Waals surface area (Å²) in [6, 6.07) is 0.748. The Kier molecular flexibility index (Phi) is 16.4. The first-order chi connectivity index (χ1) is 10.7. The van der Waals surface area contributed by atoms with Crippen molar-refractivity contribution in [2.45, 2.75) is 46.1 Å². The maximum absolute atomic E-state index is 5.93. The molecule has 0 saturated carbocycles. The van der Waals surface area contributed by atoms with Crippen molar-refractivity contribution in [3.8, 4) is 0 Å². The van der Waals surface area contributed by atoms with Gasteiger partial charge in [0, 0.05) is 31.7 Å². The van der Waals surface area contributed by atoms with Crippen LogP contribution in [-0.4, -0.2) is 60.9 Å². The van der Waals surface area contributed by atoms with Gasteiger partial charge in [-0.2, -0.15) is 0 Å². The minimum Gasteiger partial charge on any atom is -0.379 e. The molecule has 0 radical (unpaired) electrons. The van der Waals surface area contributed by atoms with E-state index in [1.165, 1.54) is 0 Å². The molecule has 0 aliphatic rings. The molecule has 0 amide bonds. The number of unbranched alkanes of at least 4 members (excludes halogenated alkanes) is 1. The van der Waals surface area contributed by atoms with Crippen LogP contribution < -0.4 is 0 Å². The van der Waals surface area contributed by atoms with Gasteiger partial charge in [0.15, 0.2) is 0 Å². The summed E-state index contributed by atoms with van der Waals surface area (Å²) in [5.41, 5.74) is 0. The predicted molar refractivity (Wildman–Crippen MR) is 91.6 cm³/mol. The minimum absolute atomic E-state index is 0.476. The second-order valence-corrected chi connectivity index (χ2v) is 7.88. The predicted octanol–water partition coefficient (Wildman–Crippen LogP) is 3.48. The molecule has 0 unspecified atom stereocenters. The fraction of sp³-hybridized carbons (Fsp3) is 1.00. The van der Waals surface area contributed by atoms with Gasteiger partial charge >= 0.3 is 8.80 Å². The van der Waals surface area contributed by atoms with E-state index in [0.717, 1.165) is 31.9 Å². The molecule has 0 N–H and O–H groups in total. The lowest BCUT2D eigenvalue weighted by Gasteiger charge is -2.28. The van der Waals surface area contributed by atoms with Crippen molar-refractivity contribution < 1.29 is 22.8 Å². The van der Waals surface area contributed by atoms with Crippen LogP contribution in [0.5, 0.6) is 0 Å². The zero-order chi connectivity index (χ0) is 16.5. The fourth-order valence-corrected chi connectivity index (χ4v) is 4.81. The Hall–Kier alpha value is 0.307. The van der Waals surface area contributed by atoms with Gasteiger partial charge in [-0.05, 0) is 26.7 Å². The lowest BCUT2D eigenvalue weighted by molar-refractivity contribution is 0.0122. The highest BCUT2D eigenvalue weighted by atomic mass is 35.5. The Morgan fingerprint density at radius 2 is 1.32 bits per heavy atom. The van der Waals surface area contributed by atoms with Crippen LogP contribution in [0.2, 0.25) is 6.04 Å². The number of hydrogen-bond acceptors (Lipinski definition) is 5. The molecule has 0 heterocycles. The molecule has 7 heteroatoms. The summed E-state index contributed by atoms with van der Waals surface area (Å²) in [5, 5.41) is 0. The van der Waals surface area contributed by atoms with E-state index in [1.54, 1.807) is 0 Å². The zero-order valence-electron chi connectivity index (χ0n) is 14.4. The molecular weight excluding hydrogens is 324 g/mol. The molecular formula is C15H33ClO5Si. The van der Waals surface area contributed by atoms with E-state index in [9.17, 15) is 0 Å². The van der Waals surface area contributed by atoms with Crippen LogP contribution in [0.25, 0.3) is 0 Å². The number of ether oxygens (including phenoxy) is 2. The van der Waals surface area contributed by atoms with Crippen LogP contribution in [0.1, 0.15) is 40.0 Å². The van der Waals surface area contributed by atoms with Crippen LogP contribution in [0.3, 0.4) is 0 Å². The Bertz CT molecular complexity index is 228. The molecule has 0 aliphatic carbocycles.